The Morgan fingerprint density at radius 1 is 1.00 bits per heavy atom. The average Bonchev–Trinajstić information content (AvgIpc) is 3.23. The maximum Gasteiger partial charge on any atom is 0.220 e. The number of halogens is 2. The molecule has 0 atom stereocenters. The molecule has 1 amide bonds. The molecule has 33 heavy (non-hydrogen) atoms. The molecule has 1 aromatic heterocycles. The quantitative estimate of drug-likeness (QED) is 0.210. The summed E-state index contributed by atoms with van der Waals surface area (Å²) in [6.07, 6.45) is 5.90. The van der Waals surface area contributed by atoms with E-state index in [4.69, 9.17) is 23.2 Å². The maximum atomic E-state index is 12.1. The highest BCUT2D eigenvalue weighted by molar-refractivity contribution is 7.99. The predicted octanol–water partition coefficient (Wildman–Crippen LogP) is 7.12. The van der Waals surface area contributed by atoms with Gasteiger partial charge in [-0.1, -0.05) is 91.0 Å². The zero-order valence-corrected chi connectivity index (χ0v) is 21.4. The number of hydrogen-bond donors (Lipinski definition) is 1. The summed E-state index contributed by atoms with van der Waals surface area (Å²) in [6.45, 7) is 5.00. The molecule has 0 unspecified atom stereocenters. The van der Waals surface area contributed by atoms with Gasteiger partial charge in [-0.15, -0.1) is 10.2 Å². The van der Waals surface area contributed by atoms with Crippen LogP contribution in [0.25, 0.3) is 17.1 Å². The molecule has 2 aromatic carbocycles. The second-order valence-electron chi connectivity index (χ2n) is 7.97. The number of benzene rings is 2. The van der Waals surface area contributed by atoms with Gasteiger partial charge in [-0.25, -0.2) is 0 Å². The van der Waals surface area contributed by atoms with Gasteiger partial charge in [0.15, 0.2) is 11.0 Å². The van der Waals surface area contributed by atoms with Crippen molar-refractivity contribution in [1.82, 2.24) is 20.1 Å². The molecule has 0 aliphatic heterocycles. The standard InChI is InChI=1S/C25H30Cl2N4OS/c1-3-4-5-6-15-28-23(32)8-7-16-33-25-30-29-24(19-11-9-18(2)10-12-19)31(25)20-13-14-21(26)22(27)17-20/h9-14,17H,3-8,15-16H2,1-2H3,(H,28,32). The van der Waals surface area contributed by atoms with E-state index in [1.165, 1.54) is 24.8 Å². The van der Waals surface area contributed by atoms with Gasteiger partial charge in [0.05, 0.1) is 15.7 Å². The molecule has 5 nitrogen and oxygen atoms in total. The van der Waals surface area contributed by atoms with Gasteiger partial charge < -0.3 is 5.32 Å². The molecular formula is C25H30Cl2N4OS. The molecule has 0 radical (unpaired) electrons. The zero-order valence-electron chi connectivity index (χ0n) is 19.1. The predicted molar refractivity (Wildman–Crippen MR) is 139 cm³/mol. The summed E-state index contributed by atoms with van der Waals surface area (Å²) in [6, 6.07) is 13.7. The summed E-state index contributed by atoms with van der Waals surface area (Å²) in [7, 11) is 0. The Kier molecular flexibility index (Phi) is 10.1. The first-order valence-electron chi connectivity index (χ1n) is 11.4. The van der Waals surface area contributed by atoms with E-state index in [1.54, 1.807) is 17.8 Å². The second kappa shape index (κ2) is 13.0. The number of rotatable bonds is 12. The first-order chi connectivity index (χ1) is 16.0. The molecule has 0 aliphatic carbocycles. The number of aromatic nitrogens is 3. The molecule has 1 heterocycles. The first kappa shape index (κ1) is 25.6. The summed E-state index contributed by atoms with van der Waals surface area (Å²) >= 11 is 14.0. The number of hydrogen-bond acceptors (Lipinski definition) is 4. The summed E-state index contributed by atoms with van der Waals surface area (Å²) in [5, 5.41) is 13.6. The number of aryl methyl sites for hydroxylation is 1. The van der Waals surface area contributed by atoms with Gasteiger partial charge in [-0.05, 0) is 38.0 Å². The Morgan fingerprint density at radius 3 is 2.52 bits per heavy atom. The van der Waals surface area contributed by atoms with Crippen LogP contribution in [0.3, 0.4) is 0 Å². The Morgan fingerprint density at radius 2 is 1.79 bits per heavy atom. The number of carbonyl (C=O) groups excluding carboxylic acids is 1. The minimum atomic E-state index is 0.110. The Labute approximate surface area is 210 Å². The van der Waals surface area contributed by atoms with Crippen molar-refractivity contribution in [3.63, 3.8) is 0 Å². The number of amides is 1. The van der Waals surface area contributed by atoms with Gasteiger partial charge in [-0.2, -0.15) is 0 Å². The summed E-state index contributed by atoms with van der Waals surface area (Å²) in [5.74, 6) is 1.61. The van der Waals surface area contributed by atoms with Gasteiger partial charge in [0, 0.05) is 24.3 Å². The molecule has 1 N–H and O–H groups in total. The molecule has 0 spiro atoms. The van der Waals surface area contributed by atoms with Crippen LogP contribution in [-0.2, 0) is 4.79 Å². The Balaban J connectivity index is 1.67. The molecule has 176 valence electrons. The molecule has 0 fully saturated rings. The van der Waals surface area contributed by atoms with E-state index < -0.39 is 0 Å². The lowest BCUT2D eigenvalue weighted by molar-refractivity contribution is -0.121. The summed E-state index contributed by atoms with van der Waals surface area (Å²) < 4.78 is 1.99. The number of carbonyl (C=O) groups is 1. The van der Waals surface area contributed by atoms with Crippen LogP contribution in [0, 0.1) is 6.92 Å². The van der Waals surface area contributed by atoms with Gasteiger partial charge >= 0.3 is 0 Å². The van der Waals surface area contributed by atoms with E-state index in [-0.39, 0.29) is 5.91 Å². The summed E-state index contributed by atoms with van der Waals surface area (Å²) in [5.41, 5.74) is 2.99. The fourth-order valence-corrected chi connectivity index (χ4v) is 4.56. The van der Waals surface area contributed by atoms with E-state index in [1.807, 2.05) is 28.8 Å². The van der Waals surface area contributed by atoms with Crippen LogP contribution in [0.5, 0.6) is 0 Å². The zero-order chi connectivity index (χ0) is 23.6. The van der Waals surface area contributed by atoms with Crippen LogP contribution in [0.15, 0.2) is 47.6 Å². The smallest absolute Gasteiger partial charge is 0.220 e. The highest BCUT2D eigenvalue weighted by Gasteiger charge is 2.17. The molecule has 0 saturated heterocycles. The van der Waals surface area contributed by atoms with E-state index in [0.717, 1.165) is 47.4 Å². The molecule has 0 saturated carbocycles. The monoisotopic (exact) mass is 504 g/mol. The van der Waals surface area contributed by atoms with Crippen LogP contribution in [0.1, 0.15) is 51.0 Å². The lowest BCUT2D eigenvalue weighted by Gasteiger charge is -2.11. The average molecular weight is 506 g/mol. The normalized spacial score (nSPS) is 11.0. The van der Waals surface area contributed by atoms with Crippen molar-refractivity contribution >= 4 is 40.9 Å². The molecule has 3 rings (SSSR count). The van der Waals surface area contributed by atoms with Crippen LogP contribution in [0.2, 0.25) is 10.0 Å². The molecule has 0 bridgehead atoms. The first-order valence-corrected chi connectivity index (χ1v) is 13.1. The van der Waals surface area contributed by atoms with Crippen LogP contribution >= 0.6 is 35.0 Å². The fourth-order valence-electron chi connectivity index (χ4n) is 3.37. The van der Waals surface area contributed by atoms with Crippen molar-refractivity contribution in [3.8, 4) is 17.1 Å². The minimum Gasteiger partial charge on any atom is -0.356 e. The number of nitrogens with zero attached hydrogens (tertiary/aromatic N) is 3. The minimum absolute atomic E-state index is 0.110. The van der Waals surface area contributed by atoms with Gasteiger partial charge in [0.2, 0.25) is 5.91 Å². The molecule has 3 aromatic rings. The highest BCUT2D eigenvalue weighted by atomic mass is 35.5. The van der Waals surface area contributed by atoms with Crippen molar-refractivity contribution in [1.29, 1.82) is 0 Å². The Hall–Kier alpha value is -2.02. The van der Waals surface area contributed by atoms with Crippen molar-refractivity contribution in [2.45, 2.75) is 57.5 Å². The number of nitrogens with one attached hydrogen (secondary N) is 1. The lowest BCUT2D eigenvalue weighted by Crippen LogP contribution is -2.24. The van der Waals surface area contributed by atoms with Crippen LogP contribution in [0.4, 0.5) is 0 Å². The van der Waals surface area contributed by atoms with Crippen molar-refractivity contribution in [2.75, 3.05) is 12.3 Å². The van der Waals surface area contributed by atoms with Gasteiger partial charge in [0.25, 0.3) is 0 Å². The van der Waals surface area contributed by atoms with Crippen molar-refractivity contribution in [2.24, 2.45) is 0 Å². The topological polar surface area (TPSA) is 59.8 Å². The van der Waals surface area contributed by atoms with Crippen molar-refractivity contribution < 1.29 is 4.79 Å². The lowest BCUT2D eigenvalue weighted by atomic mass is 10.1. The van der Waals surface area contributed by atoms with E-state index in [2.05, 4.69) is 41.5 Å². The highest BCUT2D eigenvalue weighted by Crippen LogP contribution is 2.31. The third kappa shape index (κ3) is 7.49. The molecule has 0 aliphatic rings. The van der Waals surface area contributed by atoms with E-state index >= 15 is 0 Å². The maximum absolute atomic E-state index is 12.1. The summed E-state index contributed by atoms with van der Waals surface area (Å²) in [4.78, 5) is 12.1. The van der Waals surface area contributed by atoms with Crippen LogP contribution < -0.4 is 5.32 Å². The van der Waals surface area contributed by atoms with Gasteiger partial charge in [0.1, 0.15) is 0 Å². The van der Waals surface area contributed by atoms with Crippen molar-refractivity contribution in [3.05, 3.63) is 58.1 Å². The Bertz CT molecular complexity index is 1050. The largest absolute Gasteiger partial charge is 0.356 e. The number of unbranched alkanes of at least 4 members (excludes halogenated alkanes) is 3. The molecular weight excluding hydrogens is 475 g/mol. The van der Waals surface area contributed by atoms with Crippen LogP contribution in [-0.4, -0.2) is 33.0 Å². The van der Waals surface area contributed by atoms with E-state index in [0.29, 0.717) is 16.5 Å². The SMILES string of the molecule is CCCCCCNC(=O)CCCSc1nnc(-c2ccc(C)cc2)n1-c1ccc(Cl)c(Cl)c1. The fraction of sp³-hybridized carbons (Fsp3) is 0.400. The third-order valence-electron chi connectivity index (χ3n) is 5.24. The second-order valence-corrected chi connectivity index (χ2v) is 9.85. The molecule has 8 heteroatoms. The van der Waals surface area contributed by atoms with Gasteiger partial charge in [-0.3, -0.25) is 9.36 Å². The number of thioether (sulfide) groups is 1. The third-order valence-corrected chi connectivity index (χ3v) is 6.99. The van der Waals surface area contributed by atoms with E-state index in [9.17, 15) is 4.79 Å².